The summed E-state index contributed by atoms with van der Waals surface area (Å²) in [6.45, 7) is 0. The number of hydrogen-bond acceptors (Lipinski definition) is 5. The first kappa shape index (κ1) is 15.0. The topological polar surface area (TPSA) is 71.0 Å². The molecule has 6 nitrogen and oxygen atoms in total. The SMILES string of the molecule is CN(c1n[nH]c(=S)n1C1CCCCC1)C1CCS(=O)(=O)C1. The van der Waals surface area contributed by atoms with Gasteiger partial charge in [0, 0.05) is 19.1 Å². The number of rotatable bonds is 3. The van der Waals surface area contributed by atoms with E-state index < -0.39 is 9.84 Å². The van der Waals surface area contributed by atoms with E-state index in [0.717, 1.165) is 18.8 Å². The van der Waals surface area contributed by atoms with Crippen LogP contribution in [0, 0.1) is 4.77 Å². The lowest BCUT2D eigenvalue weighted by atomic mass is 9.95. The second-order valence-corrected chi connectivity index (χ2v) is 8.77. The maximum Gasteiger partial charge on any atom is 0.226 e. The van der Waals surface area contributed by atoms with Crippen molar-refractivity contribution in [2.75, 3.05) is 23.5 Å². The van der Waals surface area contributed by atoms with Crippen molar-refractivity contribution >= 4 is 28.0 Å². The first-order valence-corrected chi connectivity index (χ1v) is 9.81. The zero-order valence-corrected chi connectivity index (χ0v) is 13.9. The van der Waals surface area contributed by atoms with Gasteiger partial charge < -0.3 is 4.90 Å². The molecule has 2 fully saturated rings. The van der Waals surface area contributed by atoms with Gasteiger partial charge in [-0.2, -0.15) is 0 Å². The predicted octanol–water partition coefficient (Wildman–Crippen LogP) is 2.07. The van der Waals surface area contributed by atoms with Crippen LogP contribution in [-0.4, -0.2) is 47.8 Å². The van der Waals surface area contributed by atoms with Gasteiger partial charge in [0.25, 0.3) is 0 Å². The van der Waals surface area contributed by atoms with Crippen LogP contribution in [0.3, 0.4) is 0 Å². The zero-order valence-electron chi connectivity index (χ0n) is 12.3. The van der Waals surface area contributed by atoms with Crippen molar-refractivity contribution in [3.63, 3.8) is 0 Å². The average molecular weight is 330 g/mol. The molecule has 0 bridgehead atoms. The Hall–Kier alpha value is -0.890. The van der Waals surface area contributed by atoms with E-state index in [9.17, 15) is 8.42 Å². The quantitative estimate of drug-likeness (QED) is 0.859. The van der Waals surface area contributed by atoms with Gasteiger partial charge >= 0.3 is 0 Å². The molecule has 1 aliphatic heterocycles. The molecule has 118 valence electrons. The Morgan fingerprint density at radius 1 is 1.29 bits per heavy atom. The molecule has 1 aromatic rings. The molecule has 2 heterocycles. The van der Waals surface area contributed by atoms with Crippen LogP contribution < -0.4 is 4.90 Å². The Morgan fingerprint density at radius 2 is 2.00 bits per heavy atom. The number of H-pyrrole nitrogens is 1. The highest BCUT2D eigenvalue weighted by molar-refractivity contribution is 7.91. The van der Waals surface area contributed by atoms with Gasteiger partial charge in [-0.25, -0.2) is 13.5 Å². The molecule has 0 spiro atoms. The number of aromatic amines is 1. The summed E-state index contributed by atoms with van der Waals surface area (Å²) in [5.41, 5.74) is 0. The fourth-order valence-electron chi connectivity index (χ4n) is 3.46. The van der Waals surface area contributed by atoms with Crippen LogP contribution in [0.5, 0.6) is 0 Å². The van der Waals surface area contributed by atoms with E-state index in [1.165, 1.54) is 19.3 Å². The second-order valence-electron chi connectivity index (χ2n) is 6.16. The lowest BCUT2D eigenvalue weighted by Gasteiger charge is -2.29. The number of hydrogen-bond donors (Lipinski definition) is 1. The fraction of sp³-hybridized carbons (Fsp3) is 0.846. The zero-order chi connectivity index (χ0) is 15.0. The van der Waals surface area contributed by atoms with E-state index in [0.29, 0.717) is 17.2 Å². The Morgan fingerprint density at radius 3 is 2.62 bits per heavy atom. The minimum Gasteiger partial charge on any atom is -0.340 e. The molecule has 1 aliphatic carbocycles. The lowest BCUT2D eigenvalue weighted by molar-refractivity contribution is 0.349. The molecule has 8 heteroatoms. The van der Waals surface area contributed by atoms with Crippen molar-refractivity contribution in [1.82, 2.24) is 14.8 Å². The van der Waals surface area contributed by atoms with Crippen LogP contribution in [0.1, 0.15) is 44.6 Å². The third-order valence-electron chi connectivity index (χ3n) is 4.70. The predicted molar refractivity (Wildman–Crippen MR) is 85.0 cm³/mol. The highest BCUT2D eigenvalue weighted by atomic mass is 32.2. The van der Waals surface area contributed by atoms with Crippen molar-refractivity contribution in [1.29, 1.82) is 0 Å². The Balaban J connectivity index is 1.87. The molecule has 0 aromatic carbocycles. The van der Waals surface area contributed by atoms with E-state index >= 15 is 0 Å². The van der Waals surface area contributed by atoms with E-state index in [-0.39, 0.29) is 17.5 Å². The third kappa shape index (κ3) is 3.01. The summed E-state index contributed by atoms with van der Waals surface area (Å²) < 4.78 is 26.1. The van der Waals surface area contributed by atoms with Crippen LogP contribution >= 0.6 is 12.2 Å². The summed E-state index contributed by atoms with van der Waals surface area (Å²) in [5.74, 6) is 1.28. The first-order chi connectivity index (χ1) is 9.98. The Labute approximate surface area is 130 Å². The van der Waals surface area contributed by atoms with Crippen LogP contribution in [0.4, 0.5) is 5.95 Å². The average Bonchev–Trinajstić information content (AvgIpc) is 3.02. The van der Waals surface area contributed by atoms with Gasteiger partial charge in [-0.3, -0.25) is 4.57 Å². The fourth-order valence-corrected chi connectivity index (χ4v) is 5.51. The van der Waals surface area contributed by atoms with Crippen molar-refractivity contribution < 1.29 is 8.42 Å². The highest BCUT2D eigenvalue weighted by Gasteiger charge is 2.33. The van der Waals surface area contributed by atoms with Crippen molar-refractivity contribution in [3.8, 4) is 0 Å². The van der Waals surface area contributed by atoms with Crippen molar-refractivity contribution in [2.24, 2.45) is 0 Å². The van der Waals surface area contributed by atoms with Gasteiger partial charge in [0.1, 0.15) is 0 Å². The minimum atomic E-state index is -2.89. The molecule has 1 N–H and O–H groups in total. The maximum atomic E-state index is 11.7. The summed E-state index contributed by atoms with van der Waals surface area (Å²) in [6, 6.07) is 0.392. The van der Waals surface area contributed by atoms with Crippen LogP contribution in [0.25, 0.3) is 0 Å². The van der Waals surface area contributed by atoms with E-state index in [4.69, 9.17) is 12.2 Å². The van der Waals surface area contributed by atoms with E-state index in [1.807, 2.05) is 11.9 Å². The van der Waals surface area contributed by atoms with Gasteiger partial charge in [-0.1, -0.05) is 19.3 Å². The van der Waals surface area contributed by atoms with Gasteiger partial charge in [0.2, 0.25) is 5.95 Å². The summed E-state index contributed by atoms with van der Waals surface area (Å²) in [6.07, 6.45) is 6.64. The number of nitrogens with zero attached hydrogens (tertiary/aromatic N) is 3. The molecule has 21 heavy (non-hydrogen) atoms. The number of aromatic nitrogens is 3. The minimum absolute atomic E-state index is 0.00235. The first-order valence-electron chi connectivity index (χ1n) is 7.58. The van der Waals surface area contributed by atoms with E-state index in [1.54, 1.807) is 0 Å². The molecule has 0 amide bonds. The largest absolute Gasteiger partial charge is 0.340 e. The molecule has 1 saturated heterocycles. The summed E-state index contributed by atoms with van der Waals surface area (Å²) in [5, 5.41) is 7.24. The molecular formula is C13H22N4O2S2. The highest BCUT2D eigenvalue weighted by Crippen LogP contribution is 2.32. The van der Waals surface area contributed by atoms with Gasteiger partial charge in [0.15, 0.2) is 14.6 Å². The Kier molecular flexibility index (Phi) is 4.09. The standard InChI is InChI=1S/C13H22N4O2S2/c1-16(11-7-8-21(18,19)9-11)12-14-15-13(20)17(12)10-5-3-2-4-6-10/h10-11H,2-9H2,1H3,(H,15,20). The molecule has 1 unspecified atom stereocenters. The summed E-state index contributed by atoms with van der Waals surface area (Å²) in [4.78, 5) is 1.99. The van der Waals surface area contributed by atoms with Crippen molar-refractivity contribution in [3.05, 3.63) is 4.77 Å². The molecule has 3 rings (SSSR count). The number of nitrogens with one attached hydrogen (secondary N) is 1. The summed E-state index contributed by atoms with van der Waals surface area (Å²) >= 11 is 5.39. The monoisotopic (exact) mass is 330 g/mol. The smallest absolute Gasteiger partial charge is 0.226 e. The second kappa shape index (κ2) is 5.72. The van der Waals surface area contributed by atoms with Gasteiger partial charge in [0.05, 0.1) is 11.5 Å². The van der Waals surface area contributed by atoms with Crippen LogP contribution in [-0.2, 0) is 9.84 Å². The summed E-state index contributed by atoms with van der Waals surface area (Å²) in [7, 11) is -0.968. The lowest BCUT2D eigenvalue weighted by Crippen LogP contribution is -2.35. The molecule has 2 aliphatic rings. The van der Waals surface area contributed by atoms with Crippen molar-refractivity contribution in [2.45, 2.75) is 50.6 Å². The number of anilines is 1. The molecular weight excluding hydrogens is 308 g/mol. The number of sulfone groups is 1. The van der Waals surface area contributed by atoms with Crippen LogP contribution in [0.15, 0.2) is 0 Å². The molecule has 1 saturated carbocycles. The van der Waals surface area contributed by atoms with Crippen LogP contribution in [0.2, 0.25) is 0 Å². The normalized spacial score (nSPS) is 26.0. The molecule has 0 radical (unpaired) electrons. The third-order valence-corrected chi connectivity index (χ3v) is 6.74. The van der Waals surface area contributed by atoms with E-state index in [2.05, 4.69) is 14.8 Å². The maximum absolute atomic E-state index is 11.7. The Bertz CT molecular complexity index is 658. The molecule has 1 aromatic heterocycles. The van der Waals surface area contributed by atoms with Gasteiger partial charge in [-0.15, -0.1) is 5.10 Å². The molecule has 1 atom stereocenters. The van der Waals surface area contributed by atoms with Gasteiger partial charge in [-0.05, 0) is 31.5 Å².